The minimum absolute atomic E-state index is 0.138. The van der Waals surface area contributed by atoms with Gasteiger partial charge >= 0.3 is 0 Å². The summed E-state index contributed by atoms with van der Waals surface area (Å²) in [5.74, 6) is -2.51. The van der Waals surface area contributed by atoms with Crippen LogP contribution in [0.5, 0.6) is 5.75 Å². The zero-order valence-corrected chi connectivity index (χ0v) is 24.4. The second kappa shape index (κ2) is 11.7. The second-order valence-corrected chi connectivity index (χ2v) is 12.5. The Labute approximate surface area is 246 Å². The largest absolute Gasteiger partial charge is 0.506 e. The number of carbonyl (C=O) groups is 2. The fourth-order valence-electron chi connectivity index (χ4n) is 5.29. The van der Waals surface area contributed by atoms with Crippen LogP contribution in [-0.2, 0) is 21.2 Å². The van der Waals surface area contributed by atoms with Gasteiger partial charge in [0.15, 0.2) is 5.82 Å². The van der Waals surface area contributed by atoms with Gasteiger partial charge in [0.2, 0.25) is 15.9 Å². The minimum Gasteiger partial charge on any atom is -0.506 e. The van der Waals surface area contributed by atoms with Gasteiger partial charge in [-0.25, -0.2) is 17.2 Å². The number of rotatable bonds is 8. The third kappa shape index (κ3) is 6.04. The van der Waals surface area contributed by atoms with E-state index in [-0.39, 0.29) is 28.5 Å². The number of hydrogen-bond donors (Lipinski definition) is 4. The molecule has 2 atom stereocenters. The molecule has 1 aliphatic rings. The van der Waals surface area contributed by atoms with Gasteiger partial charge in [0, 0.05) is 31.1 Å². The molecule has 2 amide bonds. The number of nitrogens with zero attached hydrogens (tertiary/aromatic N) is 1. The van der Waals surface area contributed by atoms with Gasteiger partial charge in [-0.1, -0.05) is 6.07 Å². The van der Waals surface area contributed by atoms with Crippen LogP contribution < -0.4 is 20.3 Å². The third-order valence-electron chi connectivity index (χ3n) is 7.57. The number of halogens is 2. The van der Waals surface area contributed by atoms with Crippen LogP contribution in [0.2, 0.25) is 0 Å². The van der Waals surface area contributed by atoms with Crippen molar-refractivity contribution in [1.29, 1.82) is 0 Å². The average Bonchev–Trinajstić information content (AvgIpc) is 3.58. The number of sulfonamides is 1. The molecule has 1 saturated heterocycles. The van der Waals surface area contributed by atoms with E-state index in [4.69, 9.17) is 4.42 Å². The number of furan rings is 1. The Kier molecular flexibility index (Phi) is 8.12. The van der Waals surface area contributed by atoms with Crippen molar-refractivity contribution in [2.24, 2.45) is 5.92 Å². The van der Waals surface area contributed by atoms with Crippen molar-refractivity contribution in [3.05, 3.63) is 77.4 Å². The van der Waals surface area contributed by atoms with E-state index in [0.717, 1.165) is 16.6 Å². The molecule has 0 aliphatic carbocycles. The van der Waals surface area contributed by atoms with Crippen molar-refractivity contribution in [2.75, 3.05) is 36.5 Å². The molecule has 4 N–H and O–H groups in total. The van der Waals surface area contributed by atoms with Crippen molar-refractivity contribution >= 4 is 44.2 Å². The summed E-state index contributed by atoms with van der Waals surface area (Å²) in [5, 5.41) is 18.5. The molecule has 2 unspecified atom stereocenters. The molecule has 0 saturated carbocycles. The molecule has 10 nitrogen and oxygen atoms in total. The first-order valence-electron chi connectivity index (χ1n) is 13.4. The van der Waals surface area contributed by atoms with Crippen LogP contribution in [0.4, 0.5) is 20.2 Å². The smallest absolute Gasteiger partial charge is 0.255 e. The Morgan fingerprint density at radius 3 is 2.51 bits per heavy atom. The Hall–Kier alpha value is -4.49. The molecule has 1 aromatic heterocycles. The van der Waals surface area contributed by atoms with Crippen LogP contribution in [0.3, 0.4) is 0 Å². The molecule has 0 bridgehead atoms. The normalized spacial score (nSPS) is 16.8. The number of aromatic hydroxyl groups is 1. The molecule has 1 fully saturated rings. The van der Waals surface area contributed by atoms with Gasteiger partial charge in [-0.2, -0.15) is 0 Å². The van der Waals surface area contributed by atoms with Gasteiger partial charge in [0.25, 0.3) is 5.91 Å². The number of phenolic OH excluding ortho intramolecular Hbond substituents is 1. The summed E-state index contributed by atoms with van der Waals surface area (Å²) in [4.78, 5) is 25.9. The van der Waals surface area contributed by atoms with Gasteiger partial charge in [0.1, 0.15) is 28.6 Å². The third-order valence-corrected chi connectivity index (χ3v) is 8.77. The monoisotopic (exact) mass is 612 g/mol. The van der Waals surface area contributed by atoms with E-state index in [1.807, 2.05) is 0 Å². The minimum atomic E-state index is -3.70. The molecule has 43 heavy (non-hydrogen) atoms. The number of benzene rings is 3. The lowest BCUT2D eigenvalue weighted by molar-refractivity contribution is -0.117. The Morgan fingerprint density at radius 2 is 1.86 bits per heavy atom. The predicted octanol–water partition coefficient (Wildman–Crippen LogP) is 4.00. The summed E-state index contributed by atoms with van der Waals surface area (Å²) >= 11 is 0. The number of amides is 2. The van der Waals surface area contributed by atoms with E-state index < -0.39 is 45.3 Å². The lowest BCUT2D eigenvalue weighted by atomic mass is 9.93. The first-order valence-corrected chi connectivity index (χ1v) is 15.2. The zero-order chi connectivity index (χ0) is 31.1. The van der Waals surface area contributed by atoms with Crippen molar-refractivity contribution in [3.8, 4) is 17.1 Å². The summed E-state index contributed by atoms with van der Waals surface area (Å²) in [7, 11) is -0.816. The summed E-state index contributed by atoms with van der Waals surface area (Å²) in [6, 6.07) is 11.8. The lowest BCUT2D eigenvalue weighted by Crippen LogP contribution is -2.35. The van der Waals surface area contributed by atoms with E-state index >= 15 is 0 Å². The topological polar surface area (TPSA) is 141 Å². The Balaban J connectivity index is 1.51. The molecule has 4 aromatic rings. The maximum atomic E-state index is 14.1. The summed E-state index contributed by atoms with van der Waals surface area (Å²) in [6.45, 7) is 0.399. The molecular formula is C30H30F2N4O6S. The number of nitrogens with one attached hydrogen (secondary N) is 3. The number of fused-ring (bicyclic) bond motifs is 1. The second-order valence-electron chi connectivity index (χ2n) is 10.5. The van der Waals surface area contributed by atoms with Crippen molar-refractivity contribution in [2.45, 2.75) is 18.9 Å². The fraction of sp³-hybridized carbons (Fsp3) is 0.267. The molecule has 2 heterocycles. The number of anilines is 2. The van der Waals surface area contributed by atoms with Crippen LogP contribution in [-0.4, -0.2) is 58.3 Å². The van der Waals surface area contributed by atoms with Gasteiger partial charge in [-0.3, -0.25) is 13.9 Å². The number of carbonyl (C=O) groups excluding carboxylic acids is 2. The Morgan fingerprint density at radius 1 is 1.14 bits per heavy atom. The predicted molar refractivity (Wildman–Crippen MR) is 159 cm³/mol. The van der Waals surface area contributed by atoms with Gasteiger partial charge in [-0.05, 0) is 73.3 Å². The van der Waals surface area contributed by atoms with Crippen molar-refractivity contribution in [1.82, 2.24) is 10.6 Å². The SMILES string of the molecule is CNC(=O)c1c(-c2ccc(F)cc2)oc2cc(N(C)S(C)(=O)=O)c(CC3CNC(C(=O)Nc4c(O)cccc4F)C3)cc12. The molecule has 0 spiro atoms. The maximum Gasteiger partial charge on any atom is 0.255 e. The highest BCUT2D eigenvalue weighted by molar-refractivity contribution is 7.92. The standard InChI is InChI=1S/C30H30F2N4O6S/c1-33-30(39)26-20-13-18(11-16-12-22(34-15-16)29(38)35-27-21(32)5-4-6-24(27)37)23(36(2)43(3,40)41)14-25(20)42-28(26)17-7-9-19(31)10-8-17/h4-10,13-14,16,22,34,37H,11-12,15H2,1-3H3,(H,33,39)(H,35,38). The highest BCUT2D eigenvalue weighted by atomic mass is 32.2. The van der Waals surface area contributed by atoms with E-state index in [1.165, 1.54) is 50.5 Å². The van der Waals surface area contributed by atoms with Gasteiger partial charge in [0.05, 0.1) is 23.5 Å². The molecular weight excluding hydrogens is 582 g/mol. The average molecular weight is 613 g/mol. The summed E-state index contributed by atoms with van der Waals surface area (Å²) in [5.41, 5.74) is 1.56. The van der Waals surface area contributed by atoms with Crippen LogP contribution in [0.15, 0.2) is 59.0 Å². The van der Waals surface area contributed by atoms with Crippen LogP contribution >= 0.6 is 0 Å². The first kappa shape index (κ1) is 30.0. The van der Waals surface area contributed by atoms with E-state index in [9.17, 15) is 31.9 Å². The zero-order valence-electron chi connectivity index (χ0n) is 23.6. The van der Waals surface area contributed by atoms with E-state index in [0.29, 0.717) is 41.6 Å². The molecule has 226 valence electrons. The molecule has 13 heteroatoms. The first-order chi connectivity index (χ1) is 20.4. The molecule has 1 aliphatic heterocycles. The molecule has 5 rings (SSSR count). The number of phenols is 1. The maximum absolute atomic E-state index is 14.1. The van der Waals surface area contributed by atoms with Crippen molar-refractivity contribution < 1.29 is 36.3 Å². The van der Waals surface area contributed by atoms with Gasteiger partial charge in [-0.15, -0.1) is 0 Å². The summed E-state index contributed by atoms with van der Waals surface area (Å²) in [6.07, 6.45) is 1.74. The van der Waals surface area contributed by atoms with Crippen LogP contribution in [0.25, 0.3) is 22.3 Å². The molecule has 0 radical (unpaired) electrons. The number of hydrogen-bond acceptors (Lipinski definition) is 7. The Bertz CT molecular complexity index is 1800. The van der Waals surface area contributed by atoms with E-state index in [2.05, 4.69) is 16.0 Å². The lowest BCUT2D eigenvalue weighted by Gasteiger charge is -2.22. The quantitative estimate of drug-likeness (QED) is 0.221. The highest BCUT2D eigenvalue weighted by Gasteiger charge is 2.32. The molecule has 3 aromatic carbocycles. The highest BCUT2D eigenvalue weighted by Crippen LogP contribution is 2.39. The summed E-state index contributed by atoms with van der Waals surface area (Å²) < 4.78 is 60.1. The fourth-order valence-corrected chi connectivity index (χ4v) is 5.82. The number of para-hydroxylation sites is 1. The van der Waals surface area contributed by atoms with Crippen LogP contribution in [0.1, 0.15) is 22.3 Å². The van der Waals surface area contributed by atoms with E-state index in [1.54, 1.807) is 12.1 Å². The van der Waals surface area contributed by atoms with Crippen LogP contribution in [0, 0.1) is 17.6 Å². The van der Waals surface area contributed by atoms with Gasteiger partial charge < -0.3 is 25.5 Å². The van der Waals surface area contributed by atoms with Crippen molar-refractivity contribution in [3.63, 3.8) is 0 Å².